The Labute approximate surface area is 101 Å². The number of hydrogen-bond acceptors (Lipinski definition) is 3. The van der Waals surface area contributed by atoms with Gasteiger partial charge in [-0.1, -0.05) is 0 Å². The summed E-state index contributed by atoms with van der Waals surface area (Å²) in [6.07, 6.45) is 2.40. The predicted octanol–water partition coefficient (Wildman–Crippen LogP) is 2.25. The van der Waals surface area contributed by atoms with E-state index in [0.717, 1.165) is 19.6 Å². The Morgan fingerprint density at radius 1 is 1.53 bits per heavy atom. The van der Waals surface area contributed by atoms with Crippen molar-refractivity contribution in [2.24, 2.45) is 5.92 Å². The van der Waals surface area contributed by atoms with Crippen LogP contribution in [-0.4, -0.2) is 26.7 Å². The van der Waals surface area contributed by atoms with Crippen molar-refractivity contribution in [1.82, 2.24) is 5.32 Å². The molecular weight excluding hydrogens is 219 g/mol. The molecule has 4 heteroatoms. The van der Waals surface area contributed by atoms with E-state index in [1.54, 1.807) is 19.2 Å². The summed E-state index contributed by atoms with van der Waals surface area (Å²) in [5.74, 6) is 1.03. The molecular formula is C13H19FN2O. The number of halogens is 1. The Morgan fingerprint density at radius 2 is 2.41 bits per heavy atom. The summed E-state index contributed by atoms with van der Waals surface area (Å²) < 4.78 is 18.6. The first kappa shape index (κ1) is 12.2. The number of hydrogen-bond donors (Lipinski definition) is 2. The molecule has 1 fully saturated rings. The first-order chi connectivity index (χ1) is 8.29. The molecule has 2 rings (SSSR count). The minimum atomic E-state index is -0.227. The second kappa shape index (κ2) is 5.87. The molecule has 0 aliphatic carbocycles. The van der Waals surface area contributed by atoms with Crippen molar-refractivity contribution < 1.29 is 9.13 Å². The van der Waals surface area contributed by atoms with Gasteiger partial charge >= 0.3 is 0 Å². The summed E-state index contributed by atoms with van der Waals surface area (Å²) in [5.41, 5.74) is 0.523. The maximum absolute atomic E-state index is 13.5. The van der Waals surface area contributed by atoms with Crippen LogP contribution in [0.1, 0.15) is 12.8 Å². The summed E-state index contributed by atoms with van der Waals surface area (Å²) in [6.45, 7) is 2.92. The van der Waals surface area contributed by atoms with Crippen LogP contribution in [-0.2, 0) is 0 Å². The zero-order chi connectivity index (χ0) is 12.1. The second-order valence-electron chi connectivity index (χ2n) is 4.44. The van der Waals surface area contributed by atoms with Crippen LogP contribution in [0, 0.1) is 11.7 Å². The lowest BCUT2D eigenvalue weighted by atomic mass is 10.00. The monoisotopic (exact) mass is 238 g/mol. The lowest BCUT2D eigenvalue weighted by Crippen LogP contribution is -2.33. The molecule has 3 nitrogen and oxygen atoms in total. The Balaban J connectivity index is 1.92. The number of benzene rings is 1. The van der Waals surface area contributed by atoms with Crippen molar-refractivity contribution in [2.45, 2.75) is 12.8 Å². The molecule has 1 unspecified atom stereocenters. The number of piperidine rings is 1. The maximum Gasteiger partial charge on any atom is 0.146 e. The van der Waals surface area contributed by atoms with Gasteiger partial charge in [-0.25, -0.2) is 4.39 Å². The van der Waals surface area contributed by atoms with E-state index in [9.17, 15) is 4.39 Å². The fourth-order valence-corrected chi connectivity index (χ4v) is 2.12. The number of anilines is 1. The molecule has 0 aromatic heterocycles. The van der Waals surface area contributed by atoms with Crippen LogP contribution in [0.4, 0.5) is 10.1 Å². The highest BCUT2D eigenvalue weighted by Gasteiger charge is 2.13. The van der Waals surface area contributed by atoms with E-state index in [-0.39, 0.29) is 5.82 Å². The average molecular weight is 238 g/mol. The van der Waals surface area contributed by atoms with Crippen molar-refractivity contribution in [1.29, 1.82) is 0 Å². The quantitative estimate of drug-likeness (QED) is 0.844. The van der Waals surface area contributed by atoms with Gasteiger partial charge in [0.05, 0.1) is 12.8 Å². The molecule has 1 aliphatic rings. The van der Waals surface area contributed by atoms with Gasteiger partial charge in [0, 0.05) is 12.6 Å². The summed E-state index contributed by atoms with van der Waals surface area (Å²) in [4.78, 5) is 0. The van der Waals surface area contributed by atoms with Gasteiger partial charge < -0.3 is 15.4 Å². The number of rotatable bonds is 4. The third-order valence-electron chi connectivity index (χ3n) is 3.15. The first-order valence-corrected chi connectivity index (χ1v) is 6.07. The summed E-state index contributed by atoms with van der Waals surface area (Å²) >= 11 is 0. The molecule has 2 N–H and O–H groups in total. The predicted molar refractivity (Wildman–Crippen MR) is 67.0 cm³/mol. The van der Waals surface area contributed by atoms with Gasteiger partial charge in [-0.3, -0.25) is 0 Å². The molecule has 0 bridgehead atoms. The highest BCUT2D eigenvalue weighted by molar-refractivity contribution is 5.49. The van der Waals surface area contributed by atoms with Gasteiger partial charge in [0.25, 0.3) is 0 Å². The van der Waals surface area contributed by atoms with E-state index in [0.29, 0.717) is 17.4 Å². The van der Waals surface area contributed by atoms with Crippen LogP contribution >= 0.6 is 0 Å². The van der Waals surface area contributed by atoms with Gasteiger partial charge in [-0.15, -0.1) is 0 Å². The molecule has 1 aromatic carbocycles. The van der Waals surface area contributed by atoms with E-state index in [2.05, 4.69) is 10.6 Å². The summed E-state index contributed by atoms with van der Waals surface area (Å²) in [7, 11) is 1.59. The first-order valence-electron chi connectivity index (χ1n) is 6.07. The lowest BCUT2D eigenvalue weighted by molar-refractivity contribution is 0.392. The van der Waals surface area contributed by atoms with Gasteiger partial charge in [-0.2, -0.15) is 0 Å². The van der Waals surface area contributed by atoms with Crippen molar-refractivity contribution in [3.05, 3.63) is 24.0 Å². The number of ether oxygens (including phenoxy) is 1. The van der Waals surface area contributed by atoms with Crippen LogP contribution < -0.4 is 15.4 Å². The molecule has 0 amide bonds. The van der Waals surface area contributed by atoms with E-state index in [4.69, 9.17) is 4.74 Å². The zero-order valence-electron chi connectivity index (χ0n) is 10.1. The lowest BCUT2D eigenvalue weighted by Gasteiger charge is -2.23. The molecule has 94 valence electrons. The minimum Gasteiger partial charge on any atom is -0.497 e. The molecule has 0 spiro atoms. The average Bonchev–Trinajstić information content (AvgIpc) is 2.39. The van der Waals surface area contributed by atoms with Crippen molar-refractivity contribution >= 4 is 5.69 Å². The molecule has 1 aliphatic heterocycles. The van der Waals surface area contributed by atoms with E-state index >= 15 is 0 Å². The van der Waals surface area contributed by atoms with Crippen molar-refractivity contribution in [3.63, 3.8) is 0 Å². The number of nitrogens with one attached hydrogen (secondary N) is 2. The normalized spacial score (nSPS) is 20.0. The molecule has 1 saturated heterocycles. The molecule has 0 saturated carbocycles. The summed E-state index contributed by atoms with van der Waals surface area (Å²) in [5, 5.41) is 6.51. The van der Waals surface area contributed by atoms with Crippen molar-refractivity contribution in [3.8, 4) is 5.75 Å². The van der Waals surface area contributed by atoms with Crippen LogP contribution in [0.5, 0.6) is 5.75 Å². The van der Waals surface area contributed by atoms with Crippen molar-refractivity contribution in [2.75, 3.05) is 32.1 Å². The smallest absolute Gasteiger partial charge is 0.146 e. The fraction of sp³-hybridized carbons (Fsp3) is 0.538. The van der Waals surface area contributed by atoms with Gasteiger partial charge in [0.2, 0.25) is 0 Å². The molecule has 1 aromatic rings. The third-order valence-corrected chi connectivity index (χ3v) is 3.15. The molecule has 1 atom stereocenters. The fourth-order valence-electron chi connectivity index (χ4n) is 2.12. The van der Waals surface area contributed by atoms with E-state index in [1.807, 2.05) is 0 Å². The highest BCUT2D eigenvalue weighted by atomic mass is 19.1. The maximum atomic E-state index is 13.5. The molecule has 0 radical (unpaired) electrons. The van der Waals surface area contributed by atoms with Crippen LogP contribution in [0.25, 0.3) is 0 Å². The third kappa shape index (κ3) is 3.33. The Morgan fingerprint density at radius 3 is 3.12 bits per heavy atom. The number of methoxy groups -OCH3 is 1. The van der Waals surface area contributed by atoms with E-state index < -0.39 is 0 Å². The Bertz CT molecular complexity index is 364. The van der Waals surface area contributed by atoms with Crippen LogP contribution in [0.3, 0.4) is 0 Å². The zero-order valence-corrected chi connectivity index (χ0v) is 10.1. The second-order valence-corrected chi connectivity index (χ2v) is 4.44. The molecule has 17 heavy (non-hydrogen) atoms. The van der Waals surface area contributed by atoms with Gasteiger partial charge in [0.15, 0.2) is 0 Å². The Hall–Kier alpha value is -1.29. The Kier molecular flexibility index (Phi) is 4.20. The van der Waals surface area contributed by atoms with Crippen LogP contribution in [0.15, 0.2) is 18.2 Å². The van der Waals surface area contributed by atoms with Gasteiger partial charge in [-0.05, 0) is 44.0 Å². The highest BCUT2D eigenvalue weighted by Crippen LogP contribution is 2.22. The molecule has 1 heterocycles. The topological polar surface area (TPSA) is 33.3 Å². The minimum absolute atomic E-state index is 0.227. The van der Waals surface area contributed by atoms with Gasteiger partial charge in [0.1, 0.15) is 11.6 Å². The van der Waals surface area contributed by atoms with Crippen LogP contribution in [0.2, 0.25) is 0 Å². The van der Waals surface area contributed by atoms with E-state index in [1.165, 1.54) is 18.9 Å². The summed E-state index contributed by atoms with van der Waals surface area (Å²) in [6, 6.07) is 4.76. The largest absolute Gasteiger partial charge is 0.497 e. The standard InChI is InChI=1S/C13H19FN2O/c1-17-11-4-5-12(14)13(7-11)16-9-10-3-2-6-15-8-10/h4-5,7,10,15-16H,2-3,6,8-9H2,1H3. The SMILES string of the molecule is COc1ccc(F)c(NCC2CCCNC2)c1.